The molecule has 10 heteroatoms. The summed E-state index contributed by atoms with van der Waals surface area (Å²) >= 11 is 0. The van der Waals surface area contributed by atoms with E-state index in [0.29, 0.717) is 6.42 Å². The number of anilines is 1. The van der Waals surface area contributed by atoms with Crippen LogP contribution in [0.3, 0.4) is 0 Å². The maximum atomic E-state index is 12.6. The lowest BCUT2D eigenvalue weighted by atomic mass is 10.1. The number of aromatic nitrogens is 2. The van der Waals surface area contributed by atoms with Gasteiger partial charge in [-0.25, -0.2) is 4.79 Å². The van der Waals surface area contributed by atoms with Crippen LogP contribution < -0.4 is 11.4 Å². The number of carbonyl (C=O) groups excluding carboxylic acids is 2. The van der Waals surface area contributed by atoms with Crippen molar-refractivity contribution >= 4 is 17.8 Å². The summed E-state index contributed by atoms with van der Waals surface area (Å²) in [6.07, 6.45) is 15.1. The minimum absolute atomic E-state index is 0.0403. The molecule has 1 aromatic heterocycles. The second kappa shape index (κ2) is 20.4. The molecule has 1 fully saturated rings. The van der Waals surface area contributed by atoms with Crippen molar-refractivity contribution in [2.75, 3.05) is 12.3 Å². The molecular formula is C31H53N3O7. The van der Waals surface area contributed by atoms with Gasteiger partial charge in [0.15, 0.2) is 12.3 Å². The van der Waals surface area contributed by atoms with E-state index in [1.807, 2.05) is 0 Å². The maximum absolute atomic E-state index is 12.6. The summed E-state index contributed by atoms with van der Waals surface area (Å²) in [6.45, 7) is 4.19. The molecule has 0 spiro atoms. The van der Waals surface area contributed by atoms with Crippen LogP contribution in [0.2, 0.25) is 0 Å². The van der Waals surface area contributed by atoms with Gasteiger partial charge in [-0.05, 0) is 18.9 Å². The lowest BCUT2D eigenvalue weighted by molar-refractivity contribution is -0.160. The van der Waals surface area contributed by atoms with Crippen LogP contribution in [0.5, 0.6) is 0 Å². The quantitative estimate of drug-likeness (QED) is 0.132. The Bertz CT molecular complexity index is 939. The molecule has 0 radical (unpaired) electrons. The van der Waals surface area contributed by atoms with E-state index < -0.39 is 36.2 Å². The molecule has 234 valence electrons. The average Bonchev–Trinajstić information content (AvgIpc) is 3.24. The van der Waals surface area contributed by atoms with E-state index in [4.69, 9.17) is 19.9 Å². The first-order valence-corrected chi connectivity index (χ1v) is 15.9. The Kier molecular flexibility index (Phi) is 17.3. The number of hydrogen-bond acceptors (Lipinski definition) is 9. The molecule has 0 saturated carbocycles. The first kappa shape index (κ1) is 34.7. The molecule has 0 aliphatic carbocycles. The van der Waals surface area contributed by atoms with Crippen LogP contribution in [0.25, 0.3) is 0 Å². The van der Waals surface area contributed by atoms with Gasteiger partial charge in [0.1, 0.15) is 24.6 Å². The van der Waals surface area contributed by atoms with Gasteiger partial charge in [0.25, 0.3) is 0 Å². The van der Waals surface area contributed by atoms with E-state index in [9.17, 15) is 19.5 Å². The highest BCUT2D eigenvalue weighted by Gasteiger charge is 2.48. The van der Waals surface area contributed by atoms with Crippen LogP contribution in [0, 0.1) is 0 Å². The molecule has 2 heterocycles. The van der Waals surface area contributed by atoms with Crippen molar-refractivity contribution in [3.8, 4) is 0 Å². The molecule has 1 saturated heterocycles. The van der Waals surface area contributed by atoms with E-state index in [0.717, 1.165) is 43.1 Å². The maximum Gasteiger partial charge on any atom is 0.351 e. The first-order chi connectivity index (χ1) is 19.9. The molecule has 1 aliphatic rings. The van der Waals surface area contributed by atoms with Gasteiger partial charge in [-0.3, -0.25) is 14.2 Å². The van der Waals surface area contributed by atoms with Gasteiger partial charge in [0, 0.05) is 19.0 Å². The van der Waals surface area contributed by atoms with Crippen molar-refractivity contribution in [2.45, 2.75) is 154 Å². The van der Waals surface area contributed by atoms with Gasteiger partial charge in [0.2, 0.25) is 0 Å². The van der Waals surface area contributed by atoms with E-state index in [2.05, 4.69) is 18.8 Å². The molecule has 41 heavy (non-hydrogen) atoms. The Balaban J connectivity index is 1.86. The predicted molar refractivity (Wildman–Crippen MR) is 158 cm³/mol. The van der Waals surface area contributed by atoms with Crippen molar-refractivity contribution in [3.63, 3.8) is 0 Å². The van der Waals surface area contributed by atoms with Gasteiger partial charge in [-0.1, -0.05) is 104 Å². The SMILES string of the molecule is CCCCCCCCCCC(=O)OC[C@H]1O[C@@H](n2ccc(N)nc2=O)[C@@H](O)[C@@H]1OC(=O)CCCCCCCCCC. The molecule has 3 N–H and O–H groups in total. The molecule has 0 unspecified atom stereocenters. The Morgan fingerprint density at radius 3 is 1.93 bits per heavy atom. The van der Waals surface area contributed by atoms with Crippen molar-refractivity contribution < 1.29 is 28.9 Å². The summed E-state index contributed by atoms with van der Waals surface area (Å²) in [5.41, 5.74) is 4.89. The van der Waals surface area contributed by atoms with Crippen LogP contribution in [-0.4, -0.2) is 51.5 Å². The molecular weight excluding hydrogens is 526 g/mol. The van der Waals surface area contributed by atoms with E-state index in [1.165, 1.54) is 70.1 Å². The number of esters is 2. The number of nitrogen functional groups attached to an aromatic ring is 1. The van der Waals surface area contributed by atoms with Gasteiger partial charge >= 0.3 is 17.6 Å². The van der Waals surface area contributed by atoms with Crippen LogP contribution in [-0.2, 0) is 23.8 Å². The zero-order chi connectivity index (χ0) is 29.9. The lowest BCUT2D eigenvalue weighted by Crippen LogP contribution is -2.39. The molecule has 10 nitrogen and oxygen atoms in total. The number of hydrogen-bond donors (Lipinski definition) is 2. The topological polar surface area (TPSA) is 143 Å². The Morgan fingerprint density at radius 2 is 1.39 bits per heavy atom. The number of carbonyl (C=O) groups is 2. The fraction of sp³-hybridized carbons (Fsp3) is 0.806. The normalized spacial score (nSPS) is 20.3. The fourth-order valence-electron chi connectivity index (χ4n) is 5.11. The van der Waals surface area contributed by atoms with E-state index in [-0.39, 0.29) is 31.2 Å². The van der Waals surface area contributed by atoms with Crippen LogP contribution >= 0.6 is 0 Å². The minimum Gasteiger partial charge on any atom is -0.463 e. The summed E-state index contributed by atoms with van der Waals surface area (Å²) in [7, 11) is 0. The zero-order valence-electron chi connectivity index (χ0n) is 25.3. The highest BCUT2D eigenvalue weighted by molar-refractivity contribution is 5.70. The van der Waals surface area contributed by atoms with Gasteiger partial charge in [-0.15, -0.1) is 0 Å². The van der Waals surface area contributed by atoms with Crippen molar-refractivity contribution in [1.82, 2.24) is 9.55 Å². The van der Waals surface area contributed by atoms with Gasteiger partial charge in [-0.2, -0.15) is 4.98 Å². The average molecular weight is 580 g/mol. The first-order valence-electron chi connectivity index (χ1n) is 15.9. The number of rotatable bonds is 22. The Labute approximate surface area is 245 Å². The third kappa shape index (κ3) is 13.4. The summed E-state index contributed by atoms with van der Waals surface area (Å²) in [5.74, 6) is -0.784. The smallest absolute Gasteiger partial charge is 0.351 e. The summed E-state index contributed by atoms with van der Waals surface area (Å²) < 4.78 is 18.1. The van der Waals surface area contributed by atoms with Gasteiger partial charge in [0.05, 0.1) is 0 Å². The number of aliphatic hydroxyl groups is 1. The van der Waals surface area contributed by atoms with Crippen molar-refractivity contribution in [2.24, 2.45) is 0 Å². The summed E-state index contributed by atoms with van der Waals surface area (Å²) in [6, 6.07) is 1.41. The second-order valence-corrected chi connectivity index (χ2v) is 11.2. The third-order valence-electron chi connectivity index (χ3n) is 7.58. The zero-order valence-corrected chi connectivity index (χ0v) is 25.3. The molecule has 1 aromatic rings. The van der Waals surface area contributed by atoms with Crippen LogP contribution in [0.4, 0.5) is 5.82 Å². The number of ether oxygens (including phenoxy) is 3. The second-order valence-electron chi connectivity index (χ2n) is 11.2. The standard InChI is InChI=1S/C31H53N3O7/c1-3-5-7-9-11-13-15-17-19-26(35)39-23-24-29(41-27(36)20-18-16-14-12-10-8-6-4-2)28(37)30(40-24)34-22-21-25(32)33-31(34)38/h21-22,24,28-30,37H,3-20,23H2,1-2H3,(H2,32,33,38)/t24-,28+,29-,30-/m1/s1. The van der Waals surface area contributed by atoms with E-state index in [1.54, 1.807) is 0 Å². The van der Waals surface area contributed by atoms with Crippen molar-refractivity contribution in [1.29, 1.82) is 0 Å². The fourth-order valence-corrected chi connectivity index (χ4v) is 5.11. The summed E-state index contributed by atoms with van der Waals surface area (Å²) in [5, 5.41) is 11.0. The number of unbranched alkanes of at least 4 members (excludes halogenated alkanes) is 14. The molecule has 4 atom stereocenters. The largest absolute Gasteiger partial charge is 0.463 e. The molecule has 2 rings (SSSR count). The number of aliphatic hydroxyl groups excluding tert-OH is 1. The minimum atomic E-state index is -1.35. The van der Waals surface area contributed by atoms with Crippen LogP contribution in [0.1, 0.15) is 136 Å². The monoisotopic (exact) mass is 579 g/mol. The van der Waals surface area contributed by atoms with Crippen LogP contribution in [0.15, 0.2) is 17.1 Å². The Morgan fingerprint density at radius 1 is 0.878 bits per heavy atom. The highest BCUT2D eigenvalue weighted by atomic mass is 16.6. The third-order valence-corrected chi connectivity index (χ3v) is 7.58. The summed E-state index contributed by atoms with van der Waals surface area (Å²) in [4.78, 5) is 41.1. The number of nitrogens with zero attached hydrogens (tertiary/aromatic N) is 2. The molecule has 0 bridgehead atoms. The van der Waals surface area contributed by atoms with Crippen molar-refractivity contribution in [3.05, 3.63) is 22.7 Å². The number of nitrogens with two attached hydrogens (primary N) is 1. The lowest BCUT2D eigenvalue weighted by Gasteiger charge is -2.21. The molecule has 0 amide bonds. The molecule has 1 aliphatic heterocycles. The Hall–Kier alpha value is -2.46. The van der Waals surface area contributed by atoms with Gasteiger partial charge < -0.3 is 25.1 Å². The van der Waals surface area contributed by atoms with E-state index >= 15 is 0 Å². The highest BCUT2D eigenvalue weighted by Crippen LogP contribution is 2.31. The molecule has 0 aromatic carbocycles. The predicted octanol–water partition coefficient (Wildman–Crippen LogP) is 5.60.